The van der Waals surface area contributed by atoms with Crippen molar-refractivity contribution in [3.05, 3.63) is 11.6 Å². The fourth-order valence-corrected chi connectivity index (χ4v) is 7.45. The first kappa shape index (κ1) is 15.3. The molecule has 0 heterocycles. The molecule has 0 aromatic carbocycles. The van der Waals surface area contributed by atoms with Gasteiger partial charge >= 0.3 is 0 Å². The van der Waals surface area contributed by atoms with Crippen molar-refractivity contribution in [1.29, 1.82) is 0 Å². The van der Waals surface area contributed by atoms with Gasteiger partial charge in [0.05, 0.1) is 3.92 Å². The molecule has 0 aromatic rings. The quantitative estimate of drug-likeness (QED) is 0.434. The monoisotopic (exact) mass is 412 g/mol. The van der Waals surface area contributed by atoms with Crippen LogP contribution in [0.25, 0.3) is 0 Å². The zero-order valence-corrected chi connectivity index (χ0v) is 15.7. The Morgan fingerprint density at radius 2 is 1.77 bits per heavy atom. The number of carbonyl (C=O) groups excluding carboxylic acids is 2. The summed E-state index contributed by atoms with van der Waals surface area (Å²) in [4.78, 5) is 24.5. The van der Waals surface area contributed by atoms with Crippen LogP contribution >= 0.6 is 22.6 Å². The molecule has 22 heavy (non-hydrogen) atoms. The van der Waals surface area contributed by atoms with E-state index in [1.54, 1.807) is 0 Å². The van der Waals surface area contributed by atoms with Gasteiger partial charge < -0.3 is 0 Å². The Morgan fingerprint density at radius 3 is 2.55 bits per heavy atom. The first-order chi connectivity index (χ1) is 10.4. The number of hydrogen-bond acceptors (Lipinski definition) is 2. The molecule has 0 N–H and O–H groups in total. The fourth-order valence-electron chi connectivity index (χ4n) is 6.35. The smallest absolute Gasteiger partial charge is 0.168 e. The van der Waals surface area contributed by atoms with Gasteiger partial charge in [0.2, 0.25) is 0 Å². The van der Waals surface area contributed by atoms with Gasteiger partial charge in [0.1, 0.15) is 5.78 Å². The van der Waals surface area contributed by atoms with Crippen molar-refractivity contribution in [3.63, 3.8) is 0 Å². The van der Waals surface area contributed by atoms with E-state index >= 15 is 0 Å². The molecule has 0 amide bonds. The van der Waals surface area contributed by atoms with E-state index in [1.165, 1.54) is 18.4 Å². The van der Waals surface area contributed by atoms with Crippen molar-refractivity contribution in [1.82, 2.24) is 0 Å². The lowest BCUT2D eigenvalue weighted by atomic mass is 9.47. The fraction of sp³-hybridized carbons (Fsp3) is 0.789. The van der Waals surface area contributed by atoms with Gasteiger partial charge in [-0.25, -0.2) is 0 Å². The number of ketones is 2. The number of hydrogen-bond donors (Lipinski definition) is 0. The SMILES string of the molecule is C[C@]12CC(I)C(=O)C=C1CC[C@@H]1[C@H]2CC[C@]2(C)C(=O)CC[C@@H]12. The molecule has 1 unspecified atom stereocenters. The first-order valence-corrected chi connectivity index (χ1v) is 10.0. The second kappa shape index (κ2) is 4.90. The largest absolute Gasteiger partial charge is 0.299 e. The van der Waals surface area contributed by atoms with E-state index in [9.17, 15) is 9.59 Å². The maximum atomic E-state index is 12.4. The van der Waals surface area contributed by atoms with Gasteiger partial charge in [0.15, 0.2) is 5.78 Å². The van der Waals surface area contributed by atoms with Gasteiger partial charge in [-0.3, -0.25) is 9.59 Å². The number of rotatable bonds is 0. The molecular formula is C19H25IO2. The Kier molecular flexibility index (Phi) is 3.42. The Morgan fingerprint density at radius 1 is 1.05 bits per heavy atom. The van der Waals surface area contributed by atoms with Crippen LogP contribution < -0.4 is 0 Å². The summed E-state index contributed by atoms with van der Waals surface area (Å²) in [5.41, 5.74) is 1.59. The minimum atomic E-state index is -0.0348. The Labute approximate surface area is 146 Å². The van der Waals surface area contributed by atoms with Crippen LogP contribution in [-0.2, 0) is 9.59 Å². The van der Waals surface area contributed by atoms with Gasteiger partial charge in [-0.05, 0) is 67.8 Å². The topological polar surface area (TPSA) is 34.1 Å². The van der Waals surface area contributed by atoms with Gasteiger partial charge in [-0.1, -0.05) is 42.0 Å². The van der Waals surface area contributed by atoms with Crippen LogP contribution in [0.5, 0.6) is 0 Å². The van der Waals surface area contributed by atoms with E-state index < -0.39 is 0 Å². The Balaban J connectivity index is 1.71. The molecule has 3 saturated carbocycles. The molecule has 0 aromatic heterocycles. The second-order valence-corrected chi connectivity index (χ2v) is 10.00. The average Bonchev–Trinajstić information content (AvgIpc) is 2.77. The highest BCUT2D eigenvalue weighted by Gasteiger charge is 2.59. The van der Waals surface area contributed by atoms with Crippen molar-refractivity contribution in [3.8, 4) is 0 Å². The average molecular weight is 412 g/mol. The maximum absolute atomic E-state index is 12.4. The second-order valence-electron chi connectivity index (χ2n) is 8.49. The molecule has 0 saturated heterocycles. The highest BCUT2D eigenvalue weighted by Crippen LogP contribution is 2.64. The van der Waals surface area contributed by atoms with Crippen LogP contribution in [0.3, 0.4) is 0 Å². The van der Waals surface area contributed by atoms with E-state index in [2.05, 4.69) is 36.4 Å². The third-order valence-corrected chi connectivity index (χ3v) is 8.73. The van der Waals surface area contributed by atoms with E-state index in [0.717, 1.165) is 32.1 Å². The lowest BCUT2D eigenvalue weighted by molar-refractivity contribution is -0.132. The number of halogens is 1. The maximum Gasteiger partial charge on any atom is 0.168 e. The van der Waals surface area contributed by atoms with Crippen molar-refractivity contribution in [2.45, 2.75) is 62.7 Å². The molecule has 3 heteroatoms. The summed E-state index contributed by atoms with van der Waals surface area (Å²) in [7, 11) is 0. The van der Waals surface area contributed by atoms with E-state index in [1.807, 2.05) is 6.08 Å². The van der Waals surface area contributed by atoms with Gasteiger partial charge in [-0.15, -0.1) is 0 Å². The molecule has 0 bridgehead atoms. The molecular weight excluding hydrogens is 387 g/mol. The lowest BCUT2D eigenvalue weighted by Gasteiger charge is -2.57. The van der Waals surface area contributed by atoms with Crippen LogP contribution in [0, 0.1) is 28.6 Å². The van der Waals surface area contributed by atoms with Crippen LogP contribution in [-0.4, -0.2) is 15.5 Å². The van der Waals surface area contributed by atoms with Crippen LogP contribution in [0.15, 0.2) is 11.6 Å². The molecule has 3 fully saturated rings. The zero-order chi connectivity index (χ0) is 15.7. The zero-order valence-electron chi connectivity index (χ0n) is 13.5. The molecule has 4 aliphatic carbocycles. The summed E-state index contributed by atoms with van der Waals surface area (Å²) in [5.74, 6) is 2.82. The highest BCUT2D eigenvalue weighted by atomic mass is 127. The highest BCUT2D eigenvalue weighted by molar-refractivity contribution is 14.1. The van der Waals surface area contributed by atoms with Crippen LogP contribution in [0.4, 0.5) is 0 Å². The van der Waals surface area contributed by atoms with Gasteiger partial charge in [0.25, 0.3) is 0 Å². The normalized spacial score (nSPS) is 51.0. The predicted molar refractivity (Wildman–Crippen MR) is 94.9 cm³/mol. The van der Waals surface area contributed by atoms with Gasteiger partial charge in [0, 0.05) is 11.8 Å². The Bertz CT molecular complexity index is 580. The molecule has 0 aliphatic heterocycles. The third-order valence-electron chi connectivity index (χ3n) is 7.67. The number of Topliss-reactive ketones (excluding diaryl/α,β-unsaturated/α-hetero) is 1. The minimum absolute atomic E-state index is 0.0348. The number of fused-ring (bicyclic) bond motifs is 5. The minimum Gasteiger partial charge on any atom is -0.299 e. The summed E-state index contributed by atoms with van der Waals surface area (Å²) in [6.07, 6.45) is 9.41. The standard InChI is InChI=1S/C19H25IO2/c1-18-8-7-14-12(13(18)5-6-17(18)22)4-3-11-9-16(21)15(20)10-19(11,14)2/h9,12-15H,3-8,10H2,1-2H3/t12-,13-,14+,15?,18-,19-/m0/s1. The van der Waals surface area contributed by atoms with Crippen LogP contribution in [0.1, 0.15) is 58.8 Å². The molecule has 2 nitrogen and oxygen atoms in total. The number of carbonyl (C=O) groups is 2. The van der Waals surface area contributed by atoms with Crippen molar-refractivity contribution in [2.75, 3.05) is 0 Å². The number of alkyl halides is 1. The molecule has 0 spiro atoms. The van der Waals surface area contributed by atoms with Crippen molar-refractivity contribution in [2.24, 2.45) is 28.6 Å². The summed E-state index contributed by atoms with van der Waals surface area (Å²) in [5, 5.41) is 0. The number of allylic oxidation sites excluding steroid dienone is 1. The predicted octanol–water partition coefficient (Wildman–Crippen LogP) is 4.50. The summed E-state index contributed by atoms with van der Waals surface area (Å²) >= 11 is 2.33. The summed E-state index contributed by atoms with van der Waals surface area (Å²) in [6, 6.07) is 0. The molecule has 120 valence electrons. The van der Waals surface area contributed by atoms with E-state index in [4.69, 9.17) is 0 Å². The van der Waals surface area contributed by atoms with E-state index in [0.29, 0.717) is 29.3 Å². The summed E-state index contributed by atoms with van der Waals surface area (Å²) in [6.45, 7) is 4.65. The lowest BCUT2D eigenvalue weighted by Crippen LogP contribution is -2.51. The van der Waals surface area contributed by atoms with E-state index in [-0.39, 0.29) is 14.8 Å². The van der Waals surface area contributed by atoms with Crippen molar-refractivity contribution >= 4 is 34.2 Å². The molecule has 4 aliphatic rings. The molecule has 6 atom stereocenters. The first-order valence-electron chi connectivity index (χ1n) is 8.78. The summed E-state index contributed by atoms with van der Waals surface area (Å²) < 4.78 is 0.142. The van der Waals surface area contributed by atoms with Gasteiger partial charge in [-0.2, -0.15) is 0 Å². The van der Waals surface area contributed by atoms with Crippen LogP contribution in [0.2, 0.25) is 0 Å². The molecule has 0 radical (unpaired) electrons. The Hall–Kier alpha value is -0.190. The third kappa shape index (κ3) is 1.90. The molecule has 4 rings (SSSR count). The van der Waals surface area contributed by atoms with Crippen molar-refractivity contribution < 1.29 is 9.59 Å².